The molecule has 2 N–H and O–H groups in total. The van der Waals surface area contributed by atoms with E-state index in [2.05, 4.69) is 58.0 Å². The summed E-state index contributed by atoms with van der Waals surface area (Å²) in [5.74, 6) is 0.703. The number of hydrogen-bond donors (Lipinski definition) is 1. The van der Waals surface area contributed by atoms with Gasteiger partial charge < -0.3 is 5.73 Å². The summed E-state index contributed by atoms with van der Waals surface area (Å²) in [5, 5.41) is 0. The van der Waals surface area contributed by atoms with E-state index in [-0.39, 0.29) is 6.04 Å². The molecular weight excluding hydrogens is 230 g/mol. The van der Waals surface area contributed by atoms with Crippen molar-refractivity contribution in [2.75, 3.05) is 0 Å². The van der Waals surface area contributed by atoms with Gasteiger partial charge in [0, 0.05) is 6.04 Å². The normalized spacial score (nSPS) is 22.4. The standard InChI is InChI=1S/C18H27N/c1-13(2)8-14-6-5-7-15(9-14)16-10-17(19)12-18(3,4)11-16/h5-7,9-10,13,17H,8,11-12,19H2,1-4H3. The third kappa shape index (κ3) is 3.94. The summed E-state index contributed by atoms with van der Waals surface area (Å²) >= 11 is 0. The summed E-state index contributed by atoms with van der Waals surface area (Å²) in [4.78, 5) is 0. The predicted molar refractivity (Wildman–Crippen MR) is 84.0 cm³/mol. The lowest BCUT2D eigenvalue weighted by Crippen LogP contribution is -2.30. The molecule has 0 heterocycles. The van der Waals surface area contributed by atoms with Crippen LogP contribution in [-0.2, 0) is 6.42 Å². The van der Waals surface area contributed by atoms with Crippen LogP contribution in [0.2, 0.25) is 0 Å². The lowest BCUT2D eigenvalue weighted by molar-refractivity contribution is 0.318. The van der Waals surface area contributed by atoms with Gasteiger partial charge in [-0.15, -0.1) is 0 Å². The Labute approximate surface area is 117 Å². The van der Waals surface area contributed by atoms with Gasteiger partial charge in [0.15, 0.2) is 0 Å². The van der Waals surface area contributed by atoms with E-state index in [9.17, 15) is 0 Å². The maximum absolute atomic E-state index is 6.18. The summed E-state index contributed by atoms with van der Waals surface area (Å²) in [6, 6.07) is 9.19. The molecule has 0 saturated heterocycles. The van der Waals surface area contributed by atoms with Crippen LogP contribution in [0.4, 0.5) is 0 Å². The average Bonchev–Trinajstić information content (AvgIpc) is 2.25. The Morgan fingerprint density at radius 3 is 2.68 bits per heavy atom. The Morgan fingerprint density at radius 2 is 2.05 bits per heavy atom. The van der Waals surface area contributed by atoms with Crippen LogP contribution < -0.4 is 5.73 Å². The molecule has 0 fully saturated rings. The first kappa shape index (κ1) is 14.3. The van der Waals surface area contributed by atoms with Crippen LogP contribution in [0.15, 0.2) is 30.3 Å². The SMILES string of the molecule is CC(C)Cc1cccc(C2=CC(N)CC(C)(C)C2)c1. The Kier molecular flexibility index (Phi) is 4.15. The fourth-order valence-electron chi connectivity index (χ4n) is 3.17. The molecule has 104 valence electrons. The first-order chi connectivity index (χ1) is 8.85. The molecule has 1 heteroatoms. The van der Waals surface area contributed by atoms with Crippen LogP contribution in [0.5, 0.6) is 0 Å². The lowest BCUT2D eigenvalue weighted by Gasteiger charge is -2.33. The van der Waals surface area contributed by atoms with E-state index >= 15 is 0 Å². The highest BCUT2D eigenvalue weighted by atomic mass is 14.6. The van der Waals surface area contributed by atoms with Crippen molar-refractivity contribution >= 4 is 5.57 Å². The number of nitrogens with two attached hydrogens (primary N) is 1. The smallest absolute Gasteiger partial charge is 0.0234 e. The van der Waals surface area contributed by atoms with Crippen molar-refractivity contribution in [3.8, 4) is 0 Å². The Bertz CT molecular complexity index is 468. The zero-order valence-electron chi connectivity index (χ0n) is 12.7. The summed E-state index contributed by atoms with van der Waals surface area (Å²) in [6.45, 7) is 9.17. The van der Waals surface area contributed by atoms with Crippen molar-refractivity contribution in [1.82, 2.24) is 0 Å². The molecule has 0 aliphatic heterocycles. The fraction of sp³-hybridized carbons (Fsp3) is 0.556. The second-order valence-corrected chi connectivity index (χ2v) is 7.20. The molecule has 1 aromatic carbocycles. The largest absolute Gasteiger partial charge is 0.324 e. The van der Waals surface area contributed by atoms with Gasteiger partial charge in [-0.2, -0.15) is 0 Å². The fourth-order valence-corrected chi connectivity index (χ4v) is 3.17. The molecule has 0 saturated carbocycles. The van der Waals surface area contributed by atoms with Crippen molar-refractivity contribution in [3.63, 3.8) is 0 Å². The minimum absolute atomic E-state index is 0.201. The van der Waals surface area contributed by atoms with Gasteiger partial charge >= 0.3 is 0 Å². The highest BCUT2D eigenvalue weighted by Crippen LogP contribution is 2.39. The molecule has 1 unspecified atom stereocenters. The predicted octanol–water partition coefficient (Wildman–Crippen LogP) is 4.42. The van der Waals surface area contributed by atoms with Crippen molar-refractivity contribution < 1.29 is 0 Å². The van der Waals surface area contributed by atoms with E-state index in [1.54, 1.807) is 0 Å². The number of allylic oxidation sites excluding steroid dienone is 1. The second kappa shape index (κ2) is 5.50. The molecule has 0 spiro atoms. The van der Waals surface area contributed by atoms with E-state index in [1.165, 1.54) is 16.7 Å². The summed E-state index contributed by atoms with van der Waals surface area (Å²) in [6.07, 6.45) is 5.63. The molecule has 1 aromatic rings. The van der Waals surface area contributed by atoms with Crippen LogP contribution in [0, 0.1) is 11.3 Å². The molecule has 0 bridgehead atoms. The van der Waals surface area contributed by atoms with Crippen molar-refractivity contribution in [2.24, 2.45) is 17.1 Å². The Morgan fingerprint density at radius 1 is 1.32 bits per heavy atom. The van der Waals surface area contributed by atoms with E-state index < -0.39 is 0 Å². The number of rotatable bonds is 3. The van der Waals surface area contributed by atoms with E-state index in [1.807, 2.05) is 0 Å². The van der Waals surface area contributed by atoms with Gasteiger partial charge in [-0.3, -0.25) is 0 Å². The topological polar surface area (TPSA) is 26.0 Å². The van der Waals surface area contributed by atoms with Gasteiger partial charge in [-0.1, -0.05) is 58.0 Å². The van der Waals surface area contributed by atoms with Crippen molar-refractivity contribution in [2.45, 2.75) is 53.0 Å². The number of benzene rings is 1. The Balaban J connectivity index is 2.26. The van der Waals surface area contributed by atoms with Gasteiger partial charge in [0.2, 0.25) is 0 Å². The first-order valence-corrected chi connectivity index (χ1v) is 7.41. The van der Waals surface area contributed by atoms with Gasteiger partial charge in [0.25, 0.3) is 0 Å². The average molecular weight is 257 g/mol. The highest BCUT2D eigenvalue weighted by Gasteiger charge is 2.27. The zero-order valence-corrected chi connectivity index (χ0v) is 12.7. The maximum Gasteiger partial charge on any atom is 0.0234 e. The van der Waals surface area contributed by atoms with E-state index in [0.29, 0.717) is 11.3 Å². The van der Waals surface area contributed by atoms with Crippen LogP contribution in [0.3, 0.4) is 0 Å². The quantitative estimate of drug-likeness (QED) is 0.852. The van der Waals surface area contributed by atoms with E-state index in [0.717, 1.165) is 19.3 Å². The van der Waals surface area contributed by atoms with Crippen molar-refractivity contribution in [3.05, 3.63) is 41.5 Å². The van der Waals surface area contributed by atoms with Crippen LogP contribution in [0.1, 0.15) is 51.7 Å². The molecule has 0 aromatic heterocycles. The summed E-state index contributed by atoms with van der Waals surface area (Å²) < 4.78 is 0. The van der Waals surface area contributed by atoms with Gasteiger partial charge in [-0.25, -0.2) is 0 Å². The number of hydrogen-bond acceptors (Lipinski definition) is 1. The van der Waals surface area contributed by atoms with Crippen LogP contribution >= 0.6 is 0 Å². The highest BCUT2D eigenvalue weighted by molar-refractivity contribution is 5.68. The minimum atomic E-state index is 0.201. The van der Waals surface area contributed by atoms with Crippen LogP contribution in [0.25, 0.3) is 5.57 Å². The molecule has 1 atom stereocenters. The van der Waals surface area contributed by atoms with Crippen molar-refractivity contribution in [1.29, 1.82) is 0 Å². The molecule has 1 aliphatic rings. The first-order valence-electron chi connectivity index (χ1n) is 7.41. The monoisotopic (exact) mass is 257 g/mol. The third-order valence-corrected chi connectivity index (χ3v) is 3.81. The zero-order chi connectivity index (χ0) is 14.0. The molecule has 1 nitrogen and oxygen atoms in total. The Hall–Kier alpha value is -1.08. The lowest BCUT2D eigenvalue weighted by atomic mass is 9.74. The van der Waals surface area contributed by atoms with Gasteiger partial charge in [0.05, 0.1) is 0 Å². The molecular formula is C18H27N. The van der Waals surface area contributed by atoms with Gasteiger partial charge in [-0.05, 0) is 47.3 Å². The minimum Gasteiger partial charge on any atom is -0.324 e. The summed E-state index contributed by atoms with van der Waals surface area (Å²) in [7, 11) is 0. The molecule has 19 heavy (non-hydrogen) atoms. The van der Waals surface area contributed by atoms with E-state index in [4.69, 9.17) is 5.73 Å². The molecule has 1 aliphatic carbocycles. The van der Waals surface area contributed by atoms with Gasteiger partial charge in [0.1, 0.15) is 0 Å². The second-order valence-electron chi connectivity index (χ2n) is 7.20. The third-order valence-electron chi connectivity index (χ3n) is 3.81. The molecule has 0 amide bonds. The maximum atomic E-state index is 6.18. The summed E-state index contributed by atoms with van der Waals surface area (Å²) in [5.41, 5.74) is 10.7. The molecule has 0 radical (unpaired) electrons. The van der Waals surface area contributed by atoms with Crippen LogP contribution in [-0.4, -0.2) is 6.04 Å². The molecule has 2 rings (SSSR count).